The van der Waals surface area contributed by atoms with E-state index in [0.29, 0.717) is 0 Å². The van der Waals surface area contributed by atoms with Gasteiger partial charge in [-0.05, 0) is 37.3 Å². The van der Waals surface area contributed by atoms with Gasteiger partial charge in [0.1, 0.15) is 5.75 Å². The fourth-order valence-corrected chi connectivity index (χ4v) is 2.58. The molecule has 2 aromatic rings. The monoisotopic (exact) mass is 258 g/mol. The number of benzene rings is 2. The summed E-state index contributed by atoms with van der Waals surface area (Å²) in [5, 5.41) is 0. The number of aldehydes is 1. The minimum Gasteiger partial charge on any atom is -0.497 e. The van der Waals surface area contributed by atoms with Crippen LogP contribution in [0.1, 0.15) is 15.9 Å². The van der Waals surface area contributed by atoms with E-state index < -0.39 is 0 Å². The maximum Gasteiger partial charge on any atom is 0.151 e. The molecule has 0 unspecified atom stereocenters. The van der Waals surface area contributed by atoms with Crippen LogP contribution >= 0.6 is 11.8 Å². The Morgan fingerprint density at radius 1 is 1.17 bits per heavy atom. The van der Waals surface area contributed by atoms with Crippen molar-refractivity contribution in [1.29, 1.82) is 0 Å². The predicted octanol–water partition coefficient (Wildman–Crippen LogP) is 3.97. The molecule has 0 N–H and O–H groups in total. The zero-order valence-corrected chi connectivity index (χ0v) is 11.2. The zero-order chi connectivity index (χ0) is 13.0. The summed E-state index contributed by atoms with van der Waals surface area (Å²) in [6.45, 7) is 1.98. The Labute approximate surface area is 111 Å². The van der Waals surface area contributed by atoms with Crippen LogP contribution in [0, 0.1) is 6.92 Å². The first-order valence-corrected chi connectivity index (χ1v) is 6.42. The Morgan fingerprint density at radius 3 is 2.72 bits per heavy atom. The van der Waals surface area contributed by atoms with E-state index >= 15 is 0 Å². The molecule has 0 aliphatic carbocycles. The molecule has 2 aromatic carbocycles. The predicted molar refractivity (Wildman–Crippen MR) is 73.7 cm³/mol. The second kappa shape index (κ2) is 5.74. The number of carbonyl (C=O) groups is 1. The zero-order valence-electron chi connectivity index (χ0n) is 10.3. The molecule has 0 heterocycles. The van der Waals surface area contributed by atoms with Gasteiger partial charge in [-0.2, -0.15) is 0 Å². The van der Waals surface area contributed by atoms with Gasteiger partial charge in [-0.25, -0.2) is 0 Å². The number of carbonyl (C=O) groups excluding carboxylic acids is 1. The molecule has 18 heavy (non-hydrogen) atoms. The lowest BCUT2D eigenvalue weighted by Crippen LogP contribution is -1.87. The summed E-state index contributed by atoms with van der Waals surface area (Å²) < 4.78 is 5.19. The van der Waals surface area contributed by atoms with Crippen molar-refractivity contribution in [3.8, 4) is 5.75 Å². The minimum atomic E-state index is 0.725. The lowest BCUT2D eigenvalue weighted by atomic mass is 10.2. The van der Waals surface area contributed by atoms with Crippen LogP contribution in [0.25, 0.3) is 0 Å². The van der Waals surface area contributed by atoms with Crippen molar-refractivity contribution in [2.75, 3.05) is 7.11 Å². The fraction of sp³-hybridized carbons (Fsp3) is 0.133. The summed E-state index contributed by atoms with van der Waals surface area (Å²) in [4.78, 5) is 13.1. The molecule has 0 bridgehead atoms. The Morgan fingerprint density at radius 2 is 2.00 bits per heavy atom. The van der Waals surface area contributed by atoms with Crippen LogP contribution in [0.5, 0.6) is 5.75 Å². The van der Waals surface area contributed by atoms with Gasteiger partial charge in [0.2, 0.25) is 0 Å². The highest BCUT2D eigenvalue weighted by Crippen LogP contribution is 2.32. The van der Waals surface area contributed by atoms with Crippen molar-refractivity contribution < 1.29 is 9.53 Å². The number of rotatable bonds is 4. The number of methoxy groups -OCH3 is 1. The van der Waals surface area contributed by atoms with Crippen LogP contribution in [0.4, 0.5) is 0 Å². The van der Waals surface area contributed by atoms with E-state index in [9.17, 15) is 4.79 Å². The van der Waals surface area contributed by atoms with Crippen LogP contribution in [0.2, 0.25) is 0 Å². The first-order chi connectivity index (χ1) is 8.72. The van der Waals surface area contributed by atoms with E-state index in [4.69, 9.17) is 4.74 Å². The number of hydrogen-bond donors (Lipinski definition) is 0. The van der Waals surface area contributed by atoms with E-state index in [1.165, 1.54) is 0 Å². The smallest absolute Gasteiger partial charge is 0.151 e. The number of ether oxygens (including phenoxy) is 1. The average Bonchev–Trinajstić information content (AvgIpc) is 2.41. The molecule has 0 radical (unpaired) electrons. The third-order valence-electron chi connectivity index (χ3n) is 2.56. The van der Waals surface area contributed by atoms with Crippen molar-refractivity contribution in [3.63, 3.8) is 0 Å². The largest absolute Gasteiger partial charge is 0.497 e. The quantitative estimate of drug-likeness (QED) is 0.776. The minimum absolute atomic E-state index is 0.725. The van der Waals surface area contributed by atoms with Gasteiger partial charge in [0.15, 0.2) is 6.29 Å². The molecular formula is C15H14O2S. The van der Waals surface area contributed by atoms with Gasteiger partial charge in [-0.1, -0.05) is 29.5 Å². The standard InChI is InChI=1S/C15H14O2S/c1-11-6-7-15(12(8-11)10-16)18-14-5-3-4-13(9-14)17-2/h3-10H,1-2H3. The lowest BCUT2D eigenvalue weighted by molar-refractivity contribution is 0.112. The molecule has 0 atom stereocenters. The highest BCUT2D eigenvalue weighted by Gasteiger charge is 2.05. The summed E-state index contributed by atoms with van der Waals surface area (Å²) in [5.41, 5.74) is 1.81. The number of aryl methyl sites for hydroxylation is 1. The summed E-state index contributed by atoms with van der Waals surface area (Å²) in [7, 11) is 1.65. The average molecular weight is 258 g/mol. The topological polar surface area (TPSA) is 26.3 Å². The van der Waals surface area contributed by atoms with E-state index in [1.807, 2.05) is 49.4 Å². The summed E-state index contributed by atoms with van der Waals surface area (Å²) in [5.74, 6) is 0.819. The molecule has 92 valence electrons. The molecule has 0 amide bonds. The Hall–Kier alpha value is -1.74. The van der Waals surface area contributed by atoms with Crippen molar-refractivity contribution in [2.24, 2.45) is 0 Å². The summed E-state index contributed by atoms with van der Waals surface area (Å²) >= 11 is 1.57. The van der Waals surface area contributed by atoms with Gasteiger partial charge in [0.25, 0.3) is 0 Å². The summed E-state index contributed by atoms with van der Waals surface area (Å²) in [6.07, 6.45) is 0.898. The SMILES string of the molecule is COc1cccc(Sc2ccc(C)cc2C=O)c1. The van der Waals surface area contributed by atoms with Gasteiger partial charge >= 0.3 is 0 Å². The molecule has 0 saturated heterocycles. The summed E-state index contributed by atoms with van der Waals surface area (Å²) in [6, 6.07) is 13.7. The molecule has 0 aliphatic heterocycles. The van der Waals surface area contributed by atoms with Gasteiger partial charge in [-0.3, -0.25) is 4.79 Å². The van der Waals surface area contributed by atoms with Crippen molar-refractivity contribution in [3.05, 3.63) is 53.6 Å². The number of hydrogen-bond acceptors (Lipinski definition) is 3. The second-order valence-corrected chi connectivity index (χ2v) is 5.06. The highest BCUT2D eigenvalue weighted by atomic mass is 32.2. The molecule has 2 rings (SSSR count). The molecule has 0 aliphatic rings. The third kappa shape index (κ3) is 2.93. The Balaban J connectivity index is 2.30. The molecule has 0 spiro atoms. The molecule has 0 saturated carbocycles. The van der Waals surface area contributed by atoms with Gasteiger partial charge in [-0.15, -0.1) is 0 Å². The molecule has 0 fully saturated rings. The van der Waals surface area contributed by atoms with E-state index in [0.717, 1.165) is 33.0 Å². The van der Waals surface area contributed by atoms with E-state index in [2.05, 4.69) is 0 Å². The van der Waals surface area contributed by atoms with Crippen LogP contribution in [-0.4, -0.2) is 13.4 Å². The maximum absolute atomic E-state index is 11.1. The van der Waals surface area contributed by atoms with Gasteiger partial charge in [0.05, 0.1) is 7.11 Å². The van der Waals surface area contributed by atoms with E-state index in [-0.39, 0.29) is 0 Å². The second-order valence-electron chi connectivity index (χ2n) is 3.94. The molecule has 3 heteroatoms. The van der Waals surface area contributed by atoms with Gasteiger partial charge in [0, 0.05) is 15.4 Å². The molecular weight excluding hydrogens is 244 g/mol. The Bertz CT molecular complexity index is 564. The molecule has 0 aromatic heterocycles. The van der Waals surface area contributed by atoms with Crippen LogP contribution in [0.3, 0.4) is 0 Å². The normalized spacial score (nSPS) is 10.1. The van der Waals surface area contributed by atoms with Crippen molar-refractivity contribution in [2.45, 2.75) is 16.7 Å². The van der Waals surface area contributed by atoms with Crippen molar-refractivity contribution >= 4 is 18.0 Å². The van der Waals surface area contributed by atoms with Crippen molar-refractivity contribution in [1.82, 2.24) is 0 Å². The van der Waals surface area contributed by atoms with Crippen LogP contribution in [0.15, 0.2) is 52.3 Å². The maximum atomic E-state index is 11.1. The first kappa shape index (κ1) is 12.7. The fourth-order valence-electron chi connectivity index (χ4n) is 1.64. The highest BCUT2D eigenvalue weighted by molar-refractivity contribution is 7.99. The molecule has 2 nitrogen and oxygen atoms in total. The lowest BCUT2D eigenvalue weighted by Gasteiger charge is -2.07. The van der Waals surface area contributed by atoms with Crippen LogP contribution in [-0.2, 0) is 0 Å². The first-order valence-electron chi connectivity index (χ1n) is 5.60. The Kier molecular flexibility index (Phi) is 4.05. The van der Waals surface area contributed by atoms with E-state index in [1.54, 1.807) is 18.9 Å². The van der Waals surface area contributed by atoms with Gasteiger partial charge < -0.3 is 4.74 Å². The van der Waals surface area contributed by atoms with Crippen LogP contribution < -0.4 is 4.74 Å². The third-order valence-corrected chi connectivity index (χ3v) is 3.64.